The van der Waals surface area contributed by atoms with Crippen molar-refractivity contribution in [1.29, 1.82) is 0 Å². The molecule has 10 aromatic rings. The van der Waals surface area contributed by atoms with Gasteiger partial charge in [0, 0.05) is 72.3 Å². The summed E-state index contributed by atoms with van der Waals surface area (Å²) in [6, 6.07) is 59.0. The van der Waals surface area contributed by atoms with Crippen LogP contribution >= 0.6 is 0 Å². The normalized spacial score (nSPS) is 13.0. The van der Waals surface area contributed by atoms with Crippen LogP contribution in [0.5, 0.6) is 11.5 Å². The van der Waals surface area contributed by atoms with E-state index < -0.39 is 0 Å². The summed E-state index contributed by atoms with van der Waals surface area (Å²) in [5.74, 6) is 2.03. The molecule has 0 bridgehead atoms. The molecule has 1 aliphatic heterocycles. The van der Waals surface area contributed by atoms with E-state index in [1.807, 2.05) is 24.4 Å². The summed E-state index contributed by atoms with van der Waals surface area (Å²) in [5.41, 5.74) is 14.7. The van der Waals surface area contributed by atoms with Gasteiger partial charge in [-0.2, -0.15) is 12.1 Å². The number of para-hydroxylation sites is 4. The first-order valence-electron chi connectivity index (χ1n) is 22.1. The van der Waals surface area contributed by atoms with Crippen LogP contribution in [0, 0.1) is 32.6 Å². The summed E-state index contributed by atoms with van der Waals surface area (Å²) < 4.78 is 11.4. The van der Waals surface area contributed by atoms with Crippen molar-refractivity contribution in [2.45, 2.75) is 66.2 Å². The second-order valence-electron chi connectivity index (χ2n) is 19.2. The van der Waals surface area contributed by atoms with E-state index in [1.54, 1.807) is 0 Å². The molecule has 7 aromatic carbocycles. The monoisotopic (exact) mass is 1030 g/mol. The molecule has 0 saturated carbocycles. The maximum absolute atomic E-state index is 6.75. The van der Waals surface area contributed by atoms with E-state index >= 15 is 0 Å². The number of ether oxygens (including phenoxy) is 1. The van der Waals surface area contributed by atoms with Crippen LogP contribution in [0.25, 0.3) is 55.1 Å². The Labute approximate surface area is 396 Å². The standard InChI is InChI=1S/C58H50N5O.Pt/c1-37-31-40(58(6,7)8)32-38(2)55(37)61-36-60(49-23-14-15-24-50(49)61)42-19-16-20-43(34-42)64-44-25-26-45-46-27-28-51-54(47-21-12-13-22-48(47)62(51)41-17-10-9-11-18-41)56(46)63(52(45)35-44)53-33-39(29-30-59-53)57(3,4)5;/h9-33,36H,1-8H3;/q-3;. The van der Waals surface area contributed by atoms with Crippen LogP contribution in [-0.4, -0.2) is 14.1 Å². The number of anilines is 4. The molecule has 4 heterocycles. The van der Waals surface area contributed by atoms with Crippen LogP contribution in [0.2, 0.25) is 0 Å². The van der Waals surface area contributed by atoms with Crippen LogP contribution in [0.4, 0.5) is 22.7 Å². The van der Waals surface area contributed by atoms with Crippen LogP contribution in [-0.2, 0) is 31.9 Å². The number of fused-ring (bicyclic) bond motifs is 8. The molecule has 0 atom stereocenters. The maximum Gasteiger partial charge on any atom is 0.135 e. The van der Waals surface area contributed by atoms with Gasteiger partial charge in [0.1, 0.15) is 5.82 Å². The van der Waals surface area contributed by atoms with Gasteiger partial charge >= 0.3 is 0 Å². The molecular weight excluding hydrogens is 978 g/mol. The van der Waals surface area contributed by atoms with Crippen molar-refractivity contribution in [1.82, 2.24) is 14.1 Å². The van der Waals surface area contributed by atoms with Gasteiger partial charge in [-0.15, -0.1) is 48.1 Å². The molecule has 1 aliphatic rings. The fourth-order valence-electron chi connectivity index (χ4n) is 9.62. The molecule has 0 saturated heterocycles. The van der Waals surface area contributed by atoms with Gasteiger partial charge in [-0.3, -0.25) is 0 Å². The fraction of sp³-hybridized carbons (Fsp3) is 0.172. The number of nitrogens with zero attached hydrogens (tertiary/aromatic N) is 5. The zero-order chi connectivity index (χ0) is 44.1. The predicted molar refractivity (Wildman–Crippen MR) is 265 cm³/mol. The minimum absolute atomic E-state index is 0. The van der Waals surface area contributed by atoms with Gasteiger partial charge in [0.05, 0.1) is 16.6 Å². The Hall–Kier alpha value is -6.62. The SMILES string of the molecule is Cc1cc(C(C)(C)C)cc(C)c1N1[CH-]N(c2[c-]c(Oc3[c-]c4c(cc3)c3ccc5c(c6ccccc6n5-c5ccccc5)c3n4-c3cc(C(C)(C)C)ccn3)ccc2)c2ccccc21.[Pt]. The number of hydrogen-bond donors (Lipinski definition) is 0. The largest absolute Gasteiger partial charge is 0.509 e. The number of rotatable bonds is 6. The van der Waals surface area contributed by atoms with Crippen molar-refractivity contribution in [3.63, 3.8) is 0 Å². The minimum Gasteiger partial charge on any atom is -0.509 e. The average Bonchev–Trinajstić information content (AvgIpc) is 3.94. The molecule has 11 rings (SSSR count). The summed E-state index contributed by atoms with van der Waals surface area (Å²) in [4.78, 5) is 9.58. The van der Waals surface area contributed by atoms with E-state index in [4.69, 9.17) is 9.72 Å². The molecule has 0 radical (unpaired) electrons. The van der Waals surface area contributed by atoms with Crippen molar-refractivity contribution in [2.75, 3.05) is 9.80 Å². The first-order chi connectivity index (χ1) is 30.8. The third-order valence-electron chi connectivity index (χ3n) is 12.8. The van der Waals surface area contributed by atoms with Crippen molar-refractivity contribution in [3.05, 3.63) is 193 Å². The van der Waals surface area contributed by atoms with E-state index in [9.17, 15) is 0 Å². The Morgan fingerprint density at radius 3 is 1.95 bits per heavy atom. The predicted octanol–water partition coefficient (Wildman–Crippen LogP) is 15.3. The van der Waals surface area contributed by atoms with Gasteiger partial charge in [-0.1, -0.05) is 114 Å². The van der Waals surface area contributed by atoms with Gasteiger partial charge in [0.2, 0.25) is 0 Å². The smallest absolute Gasteiger partial charge is 0.135 e. The molecule has 0 fully saturated rings. The van der Waals surface area contributed by atoms with E-state index in [0.29, 0.717) is 11.5 Å². The number of pyridine rings is 1. The Morgan fingerprint density at radius 2 is 1.22 bits per heavy atom. The summed E-state index contributed by atoms with van der Waals surface area (Å²) in [7, 11) is 0. The van der Waals surface area contributed by atoms with Crippen LogP contribution in [0.3, 0.4) is 0 Å². The summed E-state index contributed by atoms with van der Waals surface area (Å²) >= 11 is 0. The first-order valence-corrected chi connectivity index (χ1v) is 22.1. The number of aryl methyl sites for hydroxylation is 2. The Kier molecular flexibility index (Phi) is 10.3. The molecule has 326 valence electrons. The first kappa shape index (κ1) is 42.3. The zero-order valence-corrected chi connectivity index (χ0v) is 40.2. The van der Waals surface area contributed by atoms with Gasteiger partial charge < -0.3 is 23.7 Å². The number of aromatic nitrogens is 3. The molecule has 3 aromatic heterocycles. The molecule has 0 N–H and O–H groups in total. The zero-order valence-electron chi connectivity index (χ0n) is 38.0. The van der Waals surface area contributed by atoms with Gasteiger partial charge in [-0.05, 0) is 101 Å². The van der Waals surface area contributed by atoms with Gasteiger partial charge in [0.25, 0.3) is 0 Å². The van der Waals surface area contributed by atoms with Crippen LogP contribution in [0.1, 0.15) is 63.8 Å². The Balaban J connectivity index is 0.00000498. The van der Waals surface area contributed by atoms with E-state index in [0.717, 1.165) is 61.4 Å². The molecule has 0 amide bonds. The number of hydrogen-bond acceptors (Lipinski definition) is 4. The van der Waals surface area contributed by atoms with Crippen molar-refractivity contribution < 1.29 is 25.8 Å². The number of benzene rings is 7. The third-order valence-corrected chi connectivity index (χ3v) is 12.8. The summed E-state index contributed by atoms with van der Waals surface area (Å²) in [6.07, 6.45) is 1.93. The minimum atomic E-state index is -0.0766. The van der Waals surface area contributed by atoms with E-state index in [-0.39, 0.29) is 31.9 Å². The molecule has 65 heavy (non-hydrogen) atoms. The van der Waals surface area contributed by atoms with E-state index in [1.165, 1.54) is 38.7 Å². The molecule has 0 aliphatic carbocycles. The van der Waals surface area contributed by atoms with Crippen molar-refractivity contribution in [2.24, 2.45) is 0 Å². The van der Waals surface area contributed by atoms with Crippen LogP contribution < -0.4 is 14.5 Å². The Bertz CT molecular complexity index is 3440. The topological polar surface area (TPSA) is 38.5 Å². The Morgan fingerprint density at radius 1 is 0.554 bits per heavy atom. The quantitative estimate of drug-likeness (QED) is 0.156. The third kappa shape index (κ3) is 7.10. The molecule has 6 nitrogen and oxygen atoms in total. The second-order valence-corrected chi connectivity index (χ2v) is 19.2. The van der Waals surface area contributed by atoms with E-state index in [2.05, 4.69) is 221 Å². The molecule has 7 heteroatoms. The average molecular weight is 1030 g/mol. The fourth-order valence-corrected chi connectivity index (χ4v) is 9.62. The summed E-state index contributed by atoms with van der Waals surface area (Å²) in [6.45, 7) is 20.2. The maximum atomic E-state index is 6.75. The molecule has 0 spiro atoms. The second kappa shape index (κ2) is 15.8. The molecule has 0 unspecified atom stereocenters. The van der Waals surface area contributed by atoms with Crippen LogP contribution in [0.15, 0.2) is 152 Å². The van der Waals surface area contributed by atoms with Crippen molar-refractivity contribution >= 4 is 66.4 Å². The van der Waals surface area contributed by atoms with Gasteiger partial charge in [-0.25, -0.2) is 4.98 Å². The summed E-state index contributed by atoms with van der Waals surface area (Å²) in [5, 5.41) is 4.55. The molecular formula is C58H50N5OPt-3. The van der Waals surface area contributed by atoms with Crippen molar-refractivity contribution in [3.8, 4) is 23.0 Å². The van der Waals surface area contributed by atoms with Gasteiger partial charge in [0.15, 0.2) is 0 Å².